The molecule has 0 amide bonds. The maximum Gasteiger partial charge on any atom is 0.213 e. The third kappa shape index (κ3) is 6.46. The average Bonchev–Trinajstić information content (AvgIpc) is 2.38. The lowest BCUT2D eigenvalue weighted by molar-refractivity contribution is 0.0795. The van der Waals surface area contributed by atoms with Crippen molar-refractivity contribution >= 4 is 11.6 Å². The Labute approximate surface area is 107 Å². The molecule has 0 radical (unpaired) electrons. The van der Waals surface area contributed by atoms with Gasteiger partial charge < -0.3 is 14.2 Å². The highest BCUT2D eigenvalue weighted by molar-refractivity contribution is 6.17. The van der Waals surface area contributed by atoms with E-state index in [1.165, 1.54) is 0 Å². The first kappa shape index (κ1) is 14.2. The fraction of sp³-hybridized carbons (Fsp3) is 0.583. The van der Waals surface area contributed by atoms with E-state index < -0.39 is 0 Å². The first-order valence-corrected chi connectivity index (χ1v) is 6.10. The fourth-order valence-electron chi connectivity index (χ4n) is 1.23. The van der Waals surface area contributed by atoms with E-state index in [-0.39, 0.29) is 0 Å². The highest BCUT2D eigenvalue weighted by atomic mass is 35.5. The summed E-state index contributed by atoms with van der Waals surface area (Å²) in [5, 5.41) is 0. The van der Waals surface area contributed by atoms with Gasteiger partial charge in [0, 0.05) is 38.5 Å². The van der Waals surface area contributed by atoms with Crippen molar-refractivity contribution in [2.75, 3.05) is 33.5 Å². The van der Waals surface area contributed by atoms with Gasteiger partial charge in [-0.3, -0.25) is 0 Å². The van der Waals surface area contributed by atoms with Crippen LogP contribution in [0, 0.1) is 0 Å². The van der Waals surface area contributed by atoms with Gasteiger partial charge in [-0.05, 0) is 18.1 Å². The molecule has 17 heavy (non-hydrogen) atoms. The molecule has 5 heteroatoms. The van der Waals surface area contributed by atoms with Gasteiger partial charge >= 0.3 is 0 Å². The van der Waals surface area contributed by atoms with Gasteiger partial charge in [0.25, 0.3) is 0 Å². The summed E-state index contributed by atoms with van der Waals surface area (Å²) in [6, 6.07) is 3.69. The van der Waals surface area contributed by atoms with Crippen molar-refractivity contribution in [2.45, 2.75) is 12.3 Å². The highest BCUT2D eigenvalue weighted by Crippen LogP contribution is 2.10. The molecule has 0 saturated carbocycles. The first-order chi connectivity index (χ1) is 8.36. The van der Waals surface area contributed by atoms with Gasteiger partial charge in [-0.15, -0.1) is 11.6 Å². The Kier molecular flexibility index (Phi) is 7.71. The van der Waals surface area contributed by atoms with Crippen LogP contribution < -0.4 is 4.74 Å². The lowest BCUT2D eigenvalue weighted by atomic mass is 10.3. The minimum Gasteiger partial charge on any atom is -0.475 e. The molecule has 0 saturated heterocycles. The van der Waals surface area contributed by atoms with Crippen LogP contribution in [-0.4, -0.2) is 38.5 Å². The molecule has 0 unspecified atom stereocenters. The summed E-state index contributed by atoms with van der Waals surface area (Å²) in [5.74, 6) is 1.05. The number of pyridine rings is 1. The molecule has 0 atom stereocenters. The largest absolute Gasteiger partial charge is 0.475 e. The highest BCUT2D eigenvalue weighted by Gasteiger charge is 1.97. The van der Waals surface area contributed by atoms with E-state index in [1.54, 1.807) is 13.3 Å². The molecule has 1 rings (SSSR count). The number of halogens is 1. The molecule has 1 aromatic rings. The molecule has 0 fully saturated rings. The van der Waals surface area contributed by atoms with Crippen molar-refractivity contribution in [3.63, 3.8) is 0 Å². The van der Waals surface area contributed by atoms with Crippen molar-refractivity contribution in [3.8, 4) is 5.88 Å². The Morgan fingerprint density at radius 3 is 2.88 bits per heavy atom. The van der Waals surface area contributed by atoms with Crippen molar-refractivity contribution < 1.29 is 14.2 Å². The number of methoxy groups -OCH3 is 1. The van der Waals surface area contributed by atoms with Gasteiger partial charge in [0.2, 0.25) is 5.88 Å². The van der Waals surface area contributed by atoms with Crippen LogP contribution in [0.2, 0.25) is 0 Å². The number of hydrogen-bond donors (Lipinski definition) is 0. The summed E-state index contributed by atoms with van der Waals surface area (Å²) >= 11 is 5.71. The van der Waals surface area contributed by atoms with E-state index in [0.29, 0.717) is 31.6 Å². The number of alkyl halides is 1. The number of rotatable bonds is 9. The van der Waals surface area contributed by atoms with Gasteiger partial charge in [0.15, 0.2) is 0 Å². The van der Waals surface area contributed by atoms with Crippen LogP contribution in [0.15, 0.2) is 18.3 Å². The van der Waals surface area contributed by atoms with Crippen LogP contribution in [0.5, 0.6) is 5.88 Å². The van der Waals surface area contributed by atoms with Crippen LogP contribution in [0.4, 0.5) is 0 Å². The van der Waals surface area contributed by atoms with Crippen LogP contribution >= 0.6 is 11.6 Å². The summed E-state index contributed by atoms with van der Waals surface area (Å²) < 4.78 is 15.7. The zero-order valence-electron chi connectivity index (χ0n) is 10.0. The summed E-state index contributed by atoms with van der Waals surface area (Å²) in [7, 11) is 1.68. The molecule has 0 aromatic carbocycles. The zero-order chi connectivity index (χ0) is 12.3. The molecular formula is C12H18ClNO3. The number of aromatic nitrogens is 1. The van der Waals surface area contributed by atoms with Crippen LogP contribution in [0.1, 0.15) is 12.0 Å². The predicted octanol–water partition coefficient (Wildman–Crippen LogP) is 2.25. The molecule has 0 aliphatic rings. The van der Waals surface area contributed by atoms with Crippen molar-refractivity contribution in [1.29, 1.82) is 0 Å². The molecule has 0 aliphatic heterocycles. The predicted molar refractivity (Wildman–Crippen MR) is 66.6 cm³/mol. The van der Waals surface area contributed by atoms with Crippen molar-refractivity contribution in [3.05, 3.63) is 23.9 Å². The van der Waals surface area contributed by atoms with Crippen molar-refractivity contribution in [2.24, 2.45) is 0 Å². The zero-order valence-corrected chi connectivity index (χ0v) is 10.8. The number of hydrogen-bond acceptors (Lipinski definition) is 4. The van der Waals surface area contributed by atoms with Crippen molar-refractivity contribution in [1.82, 2.24) is 4.98 Å². The standard InChI is InChI=1S/C12H18ClNO3/c1-15-5-2-6-16-7-8-17-12-9-11(10-13)3-4-14-12/h3-4,9H,2,5-8,10H2,1H3. The third-order valence-corrected chi connectivity index (χ3v) is 2.38. The van der Waals surface area contributed by atoms with Gasteiger partial charge in [-0.2, -0.15) is 0 Å². The Bertz CT molecular complexity index is 310. The lowest BCUT2D eigenvalue weighted by Crippen LogP contribution is -2.09. The van der Waals surface area contributed by atoms with E-state index in [9.17, 15) is 0 Å². The van der Waals surface area contributed by atoms with Gasteiger partial charge in [-0.25, -0.2) is 4.98 Å². The lowest BCUT2D eigenvalue weighted by Gasteiger charge is -2.06. The van der Waals surface area contributed by atoms with E-state index in [4.69, 9.17) is 25.8 Å². The topological polar surface area (TPSA) is 40.6 Å². The van der Waals surface area contributed by atoms with Gasteiger partial charge in [-0.1, -0.05) is 0 Å². The second-order valence-electron chi connectivity index (χ2n) is 3.44. The van der Waals surface area contributed by atoms with Crippen LogP contribution in [0.3, 0.4) is 0 Å². The maximum atomic E-state index is 5.71. The SMILES string of the molecule is COCCCOCCOc1cc(CCl)ccn1. The molecular weight excluding hydrogens is 242 g/mol. The summed E-state index contributed by atoms with van der Waals surface area (Å²) in [6.07, 6.45) is 2.59. The molecule has 1 heterocycles. The minimum absolute atomic E-state index is 0.465. The molecule has 4 nitrogen and oxygen atoms in total. The first-order valence-electron chi connectivity index (χ1n) is 5.57. The molecule has 0 spiro atoms. The normalized spacial score (nSPS) is 10.5. The number of ether oxygens (including phenoxy) is 3. The van der Waals surface area contributed by atoms with E-state index in [2.05, 4.69) is 4.98 Å². The monoisotopic (exact) mass is 259 g/mol. The second kappa shape index (κ2) is 9.22. The summed E-state index contributed by atoms with van der Waals surface area (Å²) in [5.41, 5.74) is 0.998. The van der Waals surface area contributed by atoms with E-state index in [0.717, 1.165) is 18.6 Å². The Morgan fingerprint density at radius 1 is 1.24 bits per heavy atom. The summed E-state index contributed by atoms with van der Waals surface area (Å²) in [4.78, 5) is 4.08. The smallest absolute Gasteiger partial charge is 0.213 e. The third-order valence-electron chi connectivity index (χ3n) is 2.07. The quantitative estimate of drug-likeness (QED) is 0.504. The second-order valence-corrected chi connectivity index (χ2v) is 3.71. The Hall–Kier alpha value is -0.840. The Balaban J connectivity index is 2.09. The molecule has 0 bridgehead atoms. The van der Waals surface area contributed by atoms with Crippen LogP contribution in [0.25, 0.3) is 0 Å². The minimum atomic E-state index is 0.465. The molecule has 96 valence electrons. The molecule has 0 aliphatic carbocycles. The summed E-state index contributed by atoms with van der Waals surface area (Å²) in [6.45, 7) is 2.45. The molecule has 1 aromatic heterocycles. The van der Waals surface area contributed by atoms with Crippen LogP contribution in [-0.2, 0) is 15.4 Å². The average molecular weight is 260 g/mol. The maximum absolute atomic E-state index is 5.71. The van der Waals surface area contributed by atoms with Gasteiger partial charge in [0.1, 0.15) is 6.61 Å². The van der Waals surface area contributed by atoms with E-state index >= 15 is 0 Å². The van der Waals surface area contributed by atoms with Gasteiger partial charge in [0.05, 0.1) is 6.61 Å². The van der Waals surface area contributed by atoms with E-state index in [1.807, 2.05) is 12.1 Å². The number of nitrogens with zero attached hydrogens (tertiary/aromatic N) is 1. The molecule has 0 N–H and O–H groups in total. The Morgan fingerprint density at radius 2 is 2.12 bits per heavy atom. The fourth-order valence-corrected chi connectivity index (χ4v) is 1.39.